The summed E-state index contributed by atoms with van der Waals surface area (Å²) in [6.45, 7) is 9.00. The number of nitrogens with one attached hydrogen (secondary N) is 1. The Morgan fingerprint density at radius 3 is 2.69 bits per heavy atom. The summed E-state index contributed by atoms with van der Waals surface area (Å²) in [7, 11) is 0. The second-order valence-electron chi connectivity index (χ2n) is 4.64. The third-order valence-corrected chi connectivity index (χ3v) is 3.32. The van der Waals surface area contributed by atoms with Crippen molar-refractivity contribution in [2.24, 2.45) is 0 Å². The monoisotopic (exact) mass is 175 g/mol. The third kappa shape index (κ3) is 1.14. The number of benzene rings is 1. The smallest absolute Gasteiger partial charge is 0.0381 e. The van der Waals surface area contributed by atoms with Crippen molar-refractivity contribution >= 4 is 5.69 Å². The van der Waals surface area contributed by atoms with Gasteiger partial charge in [-0.15, -0.1) is 0 Å². The van der Waals surface area contributed by atoms with Gasteiger partial charge in [-0.05, 0) is 25.5 Å². The molecule has 0 saturated heterocycles. The molecule has 0 bridgehead atoms. The van der Waals surface area contributed by atoms with Crippen molar-refractivity contribution in [2.45, 2.75) is 39.2 Å². The molecule has 0 aromatic heterocycles. The van der Waals surface area contributed by atoms with Gasteiger partial charge in [-0.2, -0.15) is 0 Å². The van der Waals surface area contributed by atoms with E-state index in [0.29, 0.717) is 6.04 Å². The highest BCUT2D eigenvalue weighted by Crippen LogP contribution is 2.40. The summed E-state index contributed by atoms with van der Waals surface area (Å²) in [6, 6.07) is 7.19. The van der Waals surface area contributed by atoms with Gasteiger partial charge in [-0.1, -0.05) is 31.5 Å². The minimum absolute atomic E-state index is 0.265. The van der Waals surface area contributed by atoms with E-state index in [9.17, 15) is 0 Å². The van der Waals surface area contributed by atoms with Crippen molar-refractivity contribution in [1.82, 2.24) is 0 Å². The first-order valence-corrected chi connectivity index (χ1v) is 4.89. The van der Waals surface area contributed by atoms with E-state index < -0.39 is 0 Å². The maximum atomic E-state index is 3.51. The van der Waals surface area contributed by atoms with E-state index in [2.05, 4.69) is 51.2 Å². The van der Waals surface area contributed by atoms with Crippen LogP contribution in [0.15, 0.2) is 18.2 Å². The van der Waals surface area contributed by atoms with E-state index in [1.54, 1.807) is 0 Å². The van der Waals surface area contributed by atoms with Crippen LogP contribution in [-0.2, 0) is 5.41 Å². The highest BCUT2D eigenvalue weighted by Gasteiger charge is 2.35. The summed E-state index contributed by atoms with van der Waals surface area (Å²) in [4.78, 5) is 0. The van der Waals surface area contributed by atoms with Gasteiger partial charge >= 0.3 is 0 Å². The van der Waals surface area contributed by atoms with Gasteiger partial charge in [0.25, 0.3) is 0 Å². The van der Waals surface area contributed by atoms with Crippen LogP contribution in [0.3, 0.4) is 0 Å². The van der Waals surface area contributed by atoms with Crippen molar-refractivity contribution in [1.29, 1.82) is 0 Å². The van der Waals surface area contributed by atoms with Crippen LogP contribution in [0, 0.1) is 6.92 Å². The molecule has 1 N–H and O–H groups in total. The number of anilines is 1. The minimum atomic E-state index is 0.265. The lowest BCUT2D eigenvalue weighted by atomic mass is 9.81. The van der Waals surface area contributed by atoms with Crippen LogP contribution in [0.4, 0.5) is 5.69 Å². The summed E-state index contributed by atoms with van der Waals surface area (Å²) in [5, 5.41) is 3.51. The first-order chi connectivity index (χ1) is 6.01. The number of hydrogen-bond acceptors (Lipinski definition) is 1. The number of aryl methyl sites for hydroxylation is 1. The fraction of sp³-hybridized carbons (Fsp3) is 0.500. The number of rotatable bonds is 0. The van der Waals surface area contributed by atoms with Gasteiger partial charge in [0, 0.05) is 17.1 Å². The summed E-state index contributed by atoms with van der Waals surface area (Å²) < 4.78 is 0. The summed E-state index contributed by atoms with van der Waals surface area (Å²) >= 11 is 0. The Morgan fingerprint density at radius 2 is 2.00 bits per heavy atom. The Balaban J connectivity index is 2.57. The highest BCUT2D eigenvalue weighted by molar-refractivity contribution is 5.62. The van der Waals surface area contributed by atoms with Crippen LogP contribution in [0.1, 0.15) is 31.9 Å². The molecule has 2 rings (SSSR count). The lowest BCUT2D eigenvalue weighted by molar-refractivity contribution is 0.486. The van der Waals surface area contributed by atoms with Crippen LogP contribution < -0.4 is 5.32 Å². The summed E-state index contributed by atoms with van der Waals surface area (Å²) in [5.41, 5.74) is 4.38. The maximum absolute atomic E-state index is 3.51. The second-order valence-corrected chi connectivity index (χ2v) is 4.64. The Hall–Kier alpha value is -0.980. The Kier molecular flexibility index (Phi) is 1.66. The fourth-order valence-electron chi connectivity index (χ4n) is 1.96. The van der Waals surface area contributed by atoms with Crippen molar-refractivity contribution < 1.29 is 0 Å². The molecule has 0 amide bonds. The number of fused-ring (bicyclic) bond motifs is 1. The molecule has 1 heterocycles. The average Bonchev–Trinajstić information content (AvgIpc) is 2.27. The summed E-state index contributed by atoms with van der Waals surface area (Å²) in [6.07, 6.45) is 0. The van der Waals surface area contributed by atoms with Crippen molar-refractivity contribution in [3.05, 3.63) is 29.3 Å². The van der Waals surface area contributed by atoms with Gasteiger partial charge < -0.3 is 5.32 Å². The van der Waals surface area contributed by atoms with Crippen LogP contribution in [-0.4, -0.2) is 6.04 Å². The van der Waals surface area contributed by atoms with Crippen molar-refractivity contribution in [3.8, 4) is 0 Å². The molecule has 0 fully saturated rings. The normalized spacial score (nSPS) is 23.8. The van der Waals surface area contributed by atoms with Crippen molar-refractivity contribution in [3.63, 3.8) is 0 Å². The van der Waals surface area contributed by atoms with E-state index in [0.717, 1.165) is 0 Å². The molecule has 1 atom stereocenters. The van der Waals surface area contributed by atoms with Gasteiger partial charge in [0.2, 0.25) is 0 Å². The van der Waals surface area contributed by atoms with E-state index in [4.69, 9.17) is 0 Å². The molecule has 1 aromatic carbocycles. The molecule has 0 spiro atoms. The van der Waals surface area contributed by atoms with Gasteiger partial charge in [0.05, 0.1) is 0 Å². The quantitative estimate of drug-likeness (QED) is 0.639. The molecule has 1 aliphatic rings. The second kappa shape index (κ2) is 2.50. The standard InChI is InChI=1S/C12H17N/c1-8-5-6-11-10(7-8)12(3,4)9(2)13-11/h5-7,9,13H,1-4H3. The van der Waals surface area contributed by atoms with Gasteiger partial charge in [0.1, 0.15) is 0 Å². The summed E-state index contributed by atoms with van der Waals surface area (Å²) in [5.74, 6) is 0. The molecule has 13 heavy (non-hydrogen) atoms. The first kappa shape index (κ1) is 8.61. The van der Waals surface area contributed by atoms with Crippen molar-refractivity contribution in [2.75, 3.05) is 5.32 Å². The predicted octanol–water partition coefficient (Wildman–Crippen LogP) is 3.09. The molecule has 1 heteroatoms. The topological polar surface area (TPSA) is 12.0 Å². The zero-order valence-electron chi connectivity index (χ0n) is 8.81. The minimum Gasteiger partial charge on any atom is -0.381 e. The van der Waals surface area contributed by atoms with E-state index in [-0.39, 0.29) is 5.41 Å². The maximum Gasteiger partial charge on any atom is 0.0381 e. The zero-order chi connectivity index (χ0) is 9.64. The fourth-order valence-corrected chi connectivity index (χ4v) is 1.96. The molecule has 1 unspecified atom stereocenters. The molecule has 0 aliphatic carbocycles. The largest absolute Gasteiger partial charge is 0.381 e. The average molecular weight is 175 g/mol. The molecule has 1 aliphatic heterocycles. The molecule has 0 saturated carbocycles. The highest BCUT2D eigenvalue weighted by atomic mass is 15.0. The van der Waals surface area contributed by atoms with Crippen LogP contribution in [0.5, 0.6) is 0 Å². The first-order valence-electron chi connectivity index (χ1n) is 4.89. The zero-order valence-corrected chi connectivity index (χ0v) is 8.81. The Morgan fingerprint density at radius 1 is 1.31 bits per heavy atom. The Bertz CT molecular complexity index is 339. The van der Waals surface area contributed by atoms with E-state index in [1.807, 2.05) is 0 Å². The molecule has 0 radical (unpaired) electrons. The van der Waals surface area contributed by atoms with Crippen LogP contribution in [0.25, 0.3) is 0 Å². The molecule has 1 aromatic rings. The molecular formula is C12H17N. The van der Waals surface area contributed by atoms with E-state index >= 15 is 0 Å². The Labute approximate surface area is 80.2 Å². The van der Waals surface area contributed by atoms with E-state index in [1.165, 1.54) is 16.8 Å². The molecule has 70 valence electrons. The lowest BCUT2D eigenvalue weighted by Crippen LogP contribution is -2.29. The third-order valence-electron chi connectivity index (χ3n) is 3.32. The SMILES string of the molecule is Cc1ccc2c(c1)C(C)(C)C(C)N2. The number of hydrogen-bond donors (Lipinski definition) is 1. The predicted molar refractivity (Wildman–Crippen MR) is 57.3 cm³/mol. The molecule has 1 nitrogen and oxygen atoms in total. The molecular weight excluding hydrogens is 158 g/mol. The van der Waals surface area contributed by atoms with Gasteiger partial charge in [-0.25, -0.2) is 0 Å². The van der Waals surface area contributed by atoms with Crippen LogP contribution >= 0.6 is 0 Å². The van der Waals surface area contributed by atoms with Crippen LogP contribution in [0.2, 0.25) is 0 Å². The lowest BCUT2D eigenvalue weighted by Gasteiger charge is -2.24. The van der Waals surface area contributed by atoms with Gasteiger partial charge in [0.15, 0.2) is 0 Å². The van der Waals surface area contributed by atoms with Gasteiger partial charge in [-0.3, -0.25) is 0 Å².